The third-order valence-electron chi connectivity index (χ3n) is 6.43. The normalized spacial score (nSPS) is 30.0. The first-order chi connectivity index (χ1) is 13.7. The Bertz CT molecular complexity index is 749. The van der Waals surface area contributed by atoms with Gasteiger partial charge >= 0.3 is 6.09 Å². The summed E-state index contributed by atoms with van der Waals surface area (Å²) < 4.78 is 5.18. The molecule has 5 rings (SSSR count). The van der Waals surface area contributed by atoms with Crippen molar-refractivity contribution in [2.75, 3.05) is 17.2 Å². The van der Waals surface area contributed by atoms with Crippen molar-refractivity contribution in [3.05, 3.63) is 24.3 Å². The second-order valence-corrected chi connectivity index (χ2v) is 10.3. The van der Waals surface area contributed by atoms with Gasteiger partial charge < -0.3 is 20.7 Å². The van der Waals surface area contributed by atoms with Crippen molar-refractivity contribution in [1.82, 2.24) is 5.32 Å². The molecule has 4 saturated carbocycles. The van der Waals surface area contributed by atoms with Crippen LogP contribution in [-0.2, 0) is 9.53 Å². The summed E-state index contributed by atoms with van der Waals surface area (Å²) in [6.45, 7) is 5.25. The molecule has 6 heteroatoms. The van der Waals surface area contributed by atoms with Crippen molar-refractivity contribution in [2.24, 2.45) is 17.8 Å². The maximum Gasteiger partial charge on any atom is 0.408 e. The number of nitrogens with one attached hydrogen (secondary N) is 3. The number of amides is 2. The Kier molecular flexibility index (Phi) is 5.21. The van der Waals surface area contributed by atoms with E-state index >= 15 is 0 Å². The summed E-state index contributed by atoms with van der Waals surface area (Å²) in [4.78, 5) is 24.2. The van der Waals surface area contributed by atoms with Crippen LogP contribution in [0.2, 0.25) is 0 Å². The molecule has 0 aromatic heterocycles. The van der Waals surface area contributed by atoms with E-state index in [1.807, 2.05) is 24.3 Å². The average Bonchev–Trinajstić information content (AvgIpc) is 2.59. The standard InChI is InChI=1S/C23H33N3O3/c1-22(2,3)29-21(28)24-14-20(27)25-18-6-4-5-7-19(18)26-23-11-15-8-16(12-23)10-17(9-15)13-23/h4-7,15-17,26H,8-14H2,1-3H3,(H,24,28)(H,25,27). The largest absolute Gasteiger partial charge is 0.444 e. The van der Waals surface area contributed by atoms with E-state index in [-0.39, 0.29) is 18.0 Å². The van der Waals surface area contributed by atoms with Crippen LogP contribution < -0.4 is 16.0 Å². The number of benzene rings is 1. The number of rotatable bonds is 5. The highest BCUT2D eigenvalue weighted by Crippen LogP contribution is 2.56. The quantitative estimate of drug-likeness (QED) is 0.680. The molecule has 0 saturated heterocycles. The minimum absolute atomic E-state index is 0.124. The number of alkyl carbamates (subject to hydrolysis) is 1. The molecule has 0 unspecified atom stereocenters. The number of para-hydroxylation sites is 2. The lowest BCUT2D eigenvalue weighted by molar-refractivity contribution is -0.115. The summed E-state index contributed by atoms with van der Waals surface area (Å²) in [5.74, 6) is 2.30. The molecule has 1 aromatic rings. The van der Waals surface area contributed by atoms with Crippen LogP contribution in [0.4, 0.5) is 16.2 Å². The lowest BCUT2D eigenvalue weighted by Gasteiger charge is -2.57. The average molecular weight is 400 g/mol. The molecule has 0 atom stereocenters. The number of hydrogen-bond donors (Lipinski definition) is 3. The van der Waals surface area contributed by atoms with E-state index in [9.17, 15) is 9.59 Å². The van der Waals surface area contributed by atoms with Crippen LogP contribution in [-0.4, -0.2) is 29.7 Å². The van der Waals surface area contributed by atoms with Gasteiger partial charge in [0.15, 0.2) is 0 Å². The molecule has 0 heterocycles. The zero-order valence-corrected chi connectivity index (χ0v) is 17.7. The number of ether oxygens (including phenoxy) is 1. The highest BCUT2D eigenvalue weighted by Gasteiger charge is 2.51. The number of carbonyl (C=O) groups excluding carboxylic acids is 2. The van der Waals surface area contributed by atoms with Gasteiger partial charge in [0.25, 0.3) is 0 Å². The zero-order chi connectivity index (χ0) is 20.6. The van der Waals surface area contributed by atoms with Gasteiger partial charge in [0.05, 0.1) is 11.4 Å². The lowest BCUT2D eigenvalue weighted by Crippen LogP contribution is -2.54. The molecular weight excluding hydrogens is 366 g/mol. The Morgan fingerprint density at radius 2 is 1.55 bits per heavy atom. The van der Waals surface area contributed by atoms with Gasteiger partial charge in [0.2, 0.25) is 5.91 Å². The van der Waals surface area contributed by atoms with E-state index in [1.54, 1.807) is 20.8 Å². The first-order valence-electron chi connectivity index (χ1n) is 10.8. The van der Waals surface area contributed by atoms with Gasteiger partial charge in [0.1, 0.15) is 12.1 Å². The lowest BCUT2D eigenvalue weighted by atomic mass is 9.53. The molecule has 4 aliphatic rings. The molecule has 4 bridgehead atoms. The zero-order valence-electron chi connectivity index (χ0n) is 17.7. The minimum atomic E-state index is -0.590. The third kappa shape index (κ3) is 4.85. The minimum Gasteiger partial charge on any atom is -0.444 e. The van der Waals surface area contributed by atoms with Crippen LogP contribution in [0.1, 0.15) is 59.3 Å². The van der Waals surface area contributed by atoms with Gasteiger partial charge in [0, 0.05) is 5.54 Å². The Morgan fingerprint density at radius 1 is 1.00 bits per heavy atom. The molecule has 2 amide bonds. The van der Waals surface area contributed by atoms with E-state index in [4.69, 9.17) is 4.74 Å². The van der Waals surface area contributed by atoms with E-state index < -0.39 is 11.7 Å². The maximum absolute atomic E-state index is 12.4. The van der Waals surface area contributed by atoms with Crippen LogP contribution in [0, 0.1) is 17.8 Å². The van der Waals surface area contributed by atoms with Crippen molar-refractivity contribution >= 4 is 23.4 Å². The molecule has 4 fully saturated rings. The predicted octanol–water partition coefficient (Wildman–Crippen LogP) is 4.53. The van der Waals surface area contributed by atoms with Crippen LogP contribution in [0.5, 0.6) is 0 Å². The van der Waals surface area contributed by atoms with E-state index in [0.29, 0.717) is 0 Å². The molecule has 0 aliphatic heterocycles. The highest BCUT2D eigenvalue weighted by molar-refractivity contribution is 5.96. The molecule has 0 spiro atoms. The molecule has 3 N–H and O–H groups in total. The van der Waals surface area contributed by atoms with E-state index in [1.165, 1.54) is 38.5 Å². The third-order valence-corrected chi connectivity index (χ3v) is 6.43. The topological polar surface area (TPSA) is 79.5 Å². The van der Waals surface area contributed by atoms with Gasteiger partial charge in [-0.3, -0.25) is 4.79 Å². The Morgan fingerprint density at radius 3 is 2.10 bits per heavy atom. The predicted molar refractivity (Wildman–Crippen MR) is 114 cm³/mol. The van der Waals surface area contributed by atoms with Gasteiger partial charge in [-0.2, -0.15) is 0 Å². The van der Waals surface area contributed by atoms with Crippen LogP contribution in [0.3, 0.4) is 0 Å². The molecule has 29 heavy (non-hydrogen) atoms. The molecule has 0 radical (unpaired) electrons. The van der Waals surface area contributed by atoms with Crippen LogP contribution in [0.15, 0.2) is 24.3 Å². The Hall–Kier alpha value is -2.24. The SMILES string of the molecule is CC(C)(C)OC(=O)NCC(=O)Nc1ccccc1NC12CC3CC(CC(C3)C1)C2. The van der Waals surface area contributed by atoms with Gasteiger partial charge in [-0.1, -0.05) is 12.1 Å². The molecule has 1 aromatic carbocycles. The number of anilines is 2. The summed E-state index contributed by atoms with van der Waals surface area (Å²) >= 11 is 0. The van der Waals surface area contributed by atoms with Crippen molar-refractivity contribution < 1.29 is 14.3 Å². The fourth-order valence-electron chi connectivity index (χ4n) is 5.91. The summed E-state index contributed by atoms with van der Waals surface area (Å²) in [5, 5.41) is 9.28. The van der Waals surface area contributed by atoms with Gasteiger partial charge in [-0.15, -0.1) is 0 Å². The second-order valence-electron chi connectivity index (χ2n) is 10.3. The molecule has 4 aliphatic carbocycles. The van der Waals surface area contributed by atoms with Crippen LogP contribution in [0.25, 0.3) is 0 Å². The molecule has 6 nitrogen and oxygen atoms in total. The van der Waals surface area contributed by atoms with Gasteiger partial charge in [-0.25, -0.2) is 4.79 Å². The van der Waals surface area contributed by atoms with Crippen molar-refractivity contribution in [1.29, 1.82) is 0 Å². The molecule has 158 valence electrons. The van der Waals surface area contributed by atoms with Crippen molar-refractivity contribution in [3.63, 3.8) is 0 Å². The summed E-state index contributed by atoms with van der Waals surface area (Å²) in [7, 11) is 0. The van der Waals surface area contributed by atoms with Crippen molar-refractivity contribution in [2.45, 2.75) is 70.4 Å². The monoisotopic (exact) mass is 399 g/mol. The number of hydrogen-bond acceptors (Lipinski definition) is 4. The van der Waals surface area contributed by atoms with Crippen molar-refractivity contribution in [3.8, 4) is 0 Å². The second kappa shape index (κ2) is 7.54. The fraction of sp³-hybridized carbons (Fsp3) is 0.652. The smallest absolute Gasteiger partial charge is 0.408 e. The number of carbonyl (C=O) groups is 2. The van der Waals surface area contributed by atoms with E-state index in [2.05, 4.69) is 16.0 Å². The highest BCUT2D eigenvalue weighted by atomic mass is 16.6. The summed E-state index contributed by atoms with van der Waals surface area (Å²) in [6, 6.07) is 7.86. The Labute approximate surface area is 173 Å². The maximum atomic E-state index is 12.4. The first-order valence-corrected chi connectivity index (χ1v) is 10.8. The summed E-state index contributed by atoms with van der Waals surface area (Å²) in [5.41, 5.74) is 1.32. The fourth-order valence-corrected chi connectivity index (χ4v) is 5.91. The summed E-state index contributed by atoms with van der Waals surface area (Å²) in [6.07, 6.45) is 7.32. The van der Waals surface area contributed by atoms with Gasteiger partial charge in [-0.05, 0) is 89.2 Å². The Balaban J connectivity index is 1.37. The van der Waals surface area contributed by atoms with Crippen LogP contribution >= 0.6 is 0 Å². The van der Waals surface area contributed by atoms with E-state index in [0.717, 1.165) is 29.1 Å². The molecular formula is C23H33N3O3. The first kappa shape index (κ1) is 20.0.